The molecule has 10 heteroatoms. The van der Waals surface area contributed by atoms with Gasteiger partial charge < -0.3 is 0 Å². The highest BCUT2D eigenvalue weighted by atomic mass is 32.2. The summed E-state index contributed by atoms with van der Waals surface area (Å²) in [7, 11) is -3.92. The molecular formula is C20H15F3N4O2S. The number of benzene rings is 2. The van der Waals surface area contributed by atoms with Crippen molar-refractivity contribution < 1.29 is 21.6 Å². The van der Waals surface area contributed by atoms with Crippen molar-refractivity contribution in [1.29, 1.82) is 0 Å². The molecule has 154 valence electrons. The Hall–Kier alpha value is -3.24. The molecule has 4 rings (SSSR count). The van der Waals surface area contributed by atoms with E-state index >= 15 is 0 Å². The summed E-state index contributed by atoms with van der Waals surface area (Å²) in [6, 6.07) is 13.2. The van der Waals surface area contributed by atoms with E-state index in [4.69, 9.17) is 5.14 Å². The number of aliphatic imine (C=N–C) groups is 1. The van der Waals surface area contributed by atoms with Gasteiger partial charge in [0.05, 0.1) is 22.8 Å². The molecule has 2 N–H and O–H groups in total. The number of rotatable bonds is 4. The van der Waals surface area contributed by atoms with Crippen LogP contribution in [-0.4, -0.2) is 31.0 Å². The predicted molar refractivity (Wildman–Crippen MR) is 107 cm³/mol. The summed E-state index contributed by atoms with van der Waals surface area (Å²) in [5.41, 5.74) is 1.75. The summed E-state index contributed by atoms with van der Waals surface area (Å²) in [5.74, 6) is 0. The van der Waals surface area contributed by atoms with E-state index in [1.807, 2.05) is 12.1 Å². The van der Waals surface area contributed by atoms with Crippen molar-refractivity contribution in [1.82, 2.24) is 9.78 Å². The third kappa shape index (κ3) is 3.91. The maximum Gasteiger partial charge on any atom is 0.435 e. The molecule has 30 heavy (non-hydrogen) atoms. The number of hydrogen-bond donors (Lipinski definition) is 1. The second-order valence-corrected chi connectivity index (χ2v) is 8.19. The molecule has 0 atom stereocenters. The van der Waals surface area contributed by atoms with E-state index in [-0.39, 0.29) is 16.3 Å². The molecule has 0 saturated heterocycles. The van der Waals surface area contributed by atoms with Crippen LogP contribution in [0.4, 0.5) is 13.2 Å². The van der Waals surface area contributed by atoms with Gasteiger partial charge in [-0.05, 0) is 53.6 Å². The normalized spacial score (nSPS) is 14.2. The first-order valence-electron chi connectivity index (χ1n) is 8.73. The van der Waals surface area contributed by atoms with Gasteiger partial charge >= 0.3 is 6.18 Å². The number of sulfonamides is 1. The van der Waals surface area contributed by atoms with Crippen LogP contribution in [0.2, 0.25) is 0 Å². The number of hydrogen-bond acceptors (Lipinski definition) is 4. The topological polar surface area (TPSA) is 90.3 Å². The highest BCUT2D eigenvalue weighted by molar-refractivity contribution is 7.89. The molecule has 2 aromatic carbocycles. The van der Waals surface area contributed by atoms with Gasteiger partial charge in [0.1, 0.15) is 0 Å². The molecule has 1 aromatic heterocycles. The van der Waals surface area contributed by atoms with E-state index in [1.165, 1.54) is 24.3 Å². The number of aromatic nitrogens is 2. The molecule has 0 amide bonds. The summed E-state index contributed by atoms with van der Waals surface area (Å²) in [6.45, 7) is 0.505. The zero-order chi connectivity index (χ0) is 21.5. The second-order valence-electron chi connectivity index (χ2n) is 6.63. The largest absolute Gasteiger partial charge is 0.435 e. The van der Waals surface area contributed by atoms with Gasteiger partial charge in [-0.25, -0.2) is 18.2 Å². The molecule has 1 aliphatic heterocycles. The average molecular weight is 432 g/mol. The summed E-state index contributed by atoms with van der Waals surface area (Å²) in [5, 5.41) is 8.81. The average Bonchev–Trinajstić information content (AvgIpc) is 3.37. The molecule has 0 bridgehead atoms. The van der Waals surface area contributed by atoms with Crippen LogP contribution in [-0.2, 0) is 16.2 Å². The highest BCUT2D eigenvalue weighted by Crippen LogP contribution is 2.34. The minimum atomic E-state index is -4.64. The Morgan fingerprint density at radius 1 is 1.00 bits per heavy atom. The zero-order valence-corrected chi connectivity index (χ0v) is 16.2. The van der Waals surface area contributed by atoms with Gasteiger partial charge in [-0.2, -0.15) is 18.3 Å². The first-order chi connectivity index (χ1) is 14.1. The van der Waals surface area contributed by atoms with Crippen molar-refractivity contribution in [2.75, 3.05) is 6.54 Å². The lowest BCUT2D eigenvalue weighted by Gasteiger charge is -2.10. The third-order valence-electron chi connectivity index (χ3n) is 4.58. The molecule has 0 aliphatic carbocycles. The van der Waals surface area contributed by atoms with Crippen LogP contribution in [0.5, 0.6) is 0 Å². The van der Waals surface area contributed by atoms with Crippen LogP contribution >= 0.6 is 0 Å². The maximum absolute atomic E-state index is 13.4. The van der Waals surface area contributed by atoms with Crippen molar-refractivity contribution in [3.63, 3.8) is 0 Å². The Morgan fingerprint density at radius 2 is 1.70 bits per heavy atom. The molecule has 0 saturated carbocycles. The molecule has 3 aromatic rings. The van der Waals surface area contributed by atoms with E-state index in [1.54, 1.807) is 24.4 Å². The van der Waals surface area contributed by atoms with E-state index < -0.39 is 21.9 Å². The molecule has 0 spiro atoms. The first kappa shape index (κ1) is 20.0. The molecule has 6 nitrogen and oxygen atoms in total. The standard InChI is InChI=1S/C20H15F3N4O2S/c21-20(22,23)19-11-18(14-3-1-2-13(10-14)15-8-9-25-12-15)27(26-19)16-4-6-17(7-5-16)30(24,28)29/h1-11H,12H2,(H2,24,28,29). The third-order valence-corrected chi connectivity index (χ3v) is 5.51. The van der Waals surface area contributed by atoms with Gasteiger partial charge in [-0.1, -0.05) is 18.2 Å². The van der Waals surface area contributed by atoms with Crippen LogP contribution in [0.15, 0.2) is 70.6 Å². The van der Waals surface area contributed by atoms with Crippen LogP contribution in [0.3, 0.4) is 0 Å². The molecular weight excluding hydrogens is 417 g/mol. The number of halogens is 3. The number of nitrogens with zero attached hydrogens (tertiary/aromatic N) is 3. The van der Waals surface area contributed by atoms with Gasteiger partial charge in [0, 0.05) is 11.8 Å². The number of nitrogens with two attached hydrogens (primary N) is 1. The fourth-order valence-electron chi connectivity index (χ4n) is 3.11. The van der Waals surface area contributed by atoms with Crippen molar-refractivity contribution in [3.8, 4) is 16.9 Å². The van der Waals surface area contributed by atoms with E-state index in [9.17, 15) is 21.6 Å². The Kier molecular flexibility index (Phi) is 4.83. The van der Waals surface area contributed by atoms with Gasteiger partial charge in [-0.15, -0.1) is 0 Å². The minimum Gasteiger partial charge on any atom is -0.288 e. The zero-order valence-electron chi connectivity index (χ0n) is 15.3. The smallest absolute Gasteiger partial charge is 0.288 e. The molecule has 0 unspecified atom stereocenters. The predicted octanol–water partition coefficient (Wildman–Crippen LogP) is 3.67. The molecule has 0 radical (unpaired) electrons. The number of alkyl halides is 3. The number of allylic oxidation sites excluding steroid dienone is 1. The lowest BCUT2D eigenvalue weighted by atomic mass is 10.0. The molecule has 1 aliphatic rings. The Morgan fingerprint density at radius 3 is 2.30 bits per heavy atom. The first-order valence-corrected chi connectivity index (χ1v) is 10.3. The highest BCUT2D eigenvalue weighted by Gasteiger charge is 2.35. The Labute approximate surface area is 170 Å². The lowest BCUT2D eigenvalue weighted by Crippen LogP contribution is -2.12. The summed E-state index contributed by atoms with van der Waals surface area (Å²) >= 11 is 0. The van der Waals surface area contributed by atoms with Crippen LogP contribution < -0.4 is 5.14 Å². The van der Waals surface area contributed by atoms with Gasteiger partial charge in [0.2, 0.25) is 10.0 Å². The van der Waals surface area contributed by atoms with Gasteiger partial charge in [-0.3, -0.25) is 4.99 Å². The molecule has 0 fully saturated rings. The Bertz CT molecular complexity index is 1270. The van der Waals surface area contributed by atoms with Crippen LogP contribution in [0.1, 0.15) is 11.3 Å². The van der Waals surface area contributed by atoms with Crippen molar-refractivity contribution >= 4 is 21.8 Å². The van der Waals surface area contributed by atoms with Crippen molar-refractivity contribution in [2.45, 2.75) is 11.1 Å². The molecule has 2 heterocycles. The fourth-order valence-corrected chi connectivity index (χ4v) is 3.63. The summed E-state index contributed by atoms with van der Waals surface area (Å²) in [4.78, 5) is 3.98. The van der Waals surface area contributed by atoms with Crippen LogP contribution in [0, 0.1) is 0 Å². The van der Waals surface area contributed by atoms with Crippen molar-refractivity contribution in [3.05, 3.63) is 71.9 Å². The monoisotopic (exact) mass is 432 g/mol. The van der Waals surface area contributed by atoms with E-state index in [0.717, 1.165) is 21.9 Å². The SMILES string of the molecule is NS(=O)(=O)c1ccc(-n2nc(C(F)(F)F)cc2-c2cccc(C3=CC=NC3)c2)cc1. The van der Waals surface area contributed by atoms with Crippen molar-refractivity contribution in [2.24, 2.45) is 10.1 Å². The second kappa shape index (κ2) is 7.22. The lowest BCUT2D eigenvalue weighted by molar-refractivity contribution is -0.141. The summed E-state index contributed by atoms with van der Waals surface area (Å²) < 4.78 is 64.1. The van der Waals surface area contributed by atoms with Crippen LogP contribution in [0.25, 0.3) is 22.5 Å². The quantitative estimate of drug-likeness (QED) is 0.682. The maximum atomic E-state index is 13.4. The van der Waals surface area contributed by atoms with E-state index in [0.29, 0.717) is 12.1 Å². The minimum absolute atomic E-state index is 0.147. The van der Waals surface area contributed by atoms with Gasteiger partial charge in [0.25, 0.3) is 0 Å². The van der Waals surface area contributed by atoms with E-state index in [2.05, 4.69) is 10.1 Å². The van der Waals surface area contributed by atoms with Gasteiger partial charge in [0.15, 0.2) is 5.69 Å². The fraction of sp³-hybridized carbons (Fsp3) is 0.100. The number of primary sulfonamides is 1. The Balaban J connectivity index is 1.84. The summed E-state index contributed by atoms with van der Waals surface area (Å²) in [6.07, 6.45) is -1.11.